The highest BCUT2D eigenvalue weighted by Gasteiger charge is 2.33. The molecule has 0 fully saturated rings. The average molecular weight is 431 g/mol. The van der Waals surface area contributed by atoms with Crippen LogP contribution in [0.25, 0.3) is 0 Å². The van der Waals surface area contributed by atoms with E-state index in [2.05, 4.69) is 36.6 Å². The fourth-order valence-corrected chi connectivity index (χ4v) is 4.99. The van der Waals surface area contributed by atoms with E-state index in [1.54, 1.807) is 24.3 Å². The van der Waals surface area contributed by atoms with Crippen LogP contribution in [-0.2, 0) is 16.4 Å². The smallest absolute Gasteiger partial charge is 0.207 e. The molecular formula is C15H13Br2NO2S. The minimum Gasteiger partial charge on any atom is -0.207 e. The van der Waals surface area contributed by atoms with Crippen LogP contribution in [-0.4, -0.2) is 13.2 Å². The summed E-state index contributed by atoms with van der Waals surface area (Å²) in [5, 5.41) is 0. The summed E-state index contributed by atoms with van der Waals surface area (Å²) in [5.41, 5.74) is 2.22. The van der Waals surface area contributed by atoms with Crippen molar-refractivity contribution >= 4 is 41.9 Å². The van der Waals surface area contributed by atoms with Gasteiger partial charge in [0.05, 0.1) is 10.9 Å². The number of benzene rings is 2. The zero-order valence-electron chi connectivity index (χ0n) is 11.0. The lowest BCUT2D eigenvalue weighted by atomic mass is 10.1. The van der Waals surface area contributed by atoms with Crippen LogP contribution in [0.1, 0.15) is 17.2 Å². The van der Waals surface area contributed by atoms with Gasteiger partial charge in [0, 0.05) is 9.30 Å². The molecule has 1 N–H and O–H groups in total. The molecule has 2 aromatic rings. The van der Waals surface area contributed by atoms with Crippen LogP contribution in [0.5, 0.6) is 0 Å². The molecule has 0 aromatic heterocycles. The Balaban J connectivity index is 1.91. The lowest BCUT2D eigenvalue weighted by Gasteiger charge is -2.18. The van der Waals surface area contributed by atoms with E-state index in [0.717, 1.165) is 16.5 Å². The predicted octanol–water partition coefficient (Wildman–Crippen LogP) is 3.79. The molecule has 110 valence electrons. The van der Waals surface area contributed by atoms with Crippen LogP contribution < -0.4 is 4.72 Å². The summed E-state index contributed by atoms with van der Waals surface area (Å²) in [6.07, 6.45) is 0.823. The van der Waals surface area contributed by atoms with Crippen molar-refractivity contribution in [3.63, 3.8) is 0 Å². The van der Waals surface area contributed by atoms with Crippen molar-refractivity contribution in [2.45, 2.75) is 22.2 Å². The number of hydrogen-bond acceptors (Lipinski definition) is 2. The Morgan fingerprint density at radius 2 is 1.71 bits per heavy atom. The number of hydrogen-bond donors (Lipinski definition) is 1. The third kappa shape index (κ3) is 3.08. The Kier molecular flexibility index (Phi) is 4.23. The maximum Gasteiger partial charge on any atom is 0.241 e. The molecule has 0 aliphatic heterocycles. The van der Waals surface area contributed by atoms with Crippen molar-refractivity contribution in [2.75, 3.05) is 0 Å². The normalized spacial score (nSPS) is 21.2. The molecule has 2 atom stereocenters. The Morgan fingerprint density at radius 1 is 1.05 bits per heavy atom. The second-order valence-electron chi connectivity index (χ2n) is 4.97. The molecule has 0 spiro atoms. The van der Waals surface area contributed by atoms with E-state index in [0.29, 0.717) is 0 Å². The van der Waals surface area contributed by atoms with Gasteiger partial charge in [-0.05, 0) is 41.8 Å². The number of rotatable bonds is 3. The van der Waals surface area contributed by atoms with Gasteiger partial charge in [-0.3, -0.25) is 0 Å². The molecule has 1 aliphatic rings. The molecule has 0 amide bonds. The number of halogens is 2. The van der Waals surface area contributed by atoms with E-state index in [4.69, 9.17) is 0 Å². The van der Waals surface area contributed by atoms with Crippen molar-refractivity contribution in [2.24, 2.45) is 0 Å². The highest BCUT2D eigenvalue weighted by Crippen LogP contribution is 2.36. The number of nitrogens with one attached hydrogen (secondary N) is 1. The van der Waals surface area contributed by atoms with Gasteiger partial charge in [0.2, 0.25) is 10.0 Å². The zero-order valence-corrected chi connectivity index (χ0v) is 14.9. The van der Waals surface area contributed by atoms with Gasteiger partial charge >= 0.3 is 0 Å². The molecule has 0 bridgehead atoms. The zero-order chi connectivity index (χ0) is 15.0. The fourth-order valence-electron chi connectivity index (χ4n) is 2.53. The lowest BCUT2D eigenvalue weighted by molar-refractivity contribution is 0.559. The van der Waals surface area contributed by atoms with E-state index in [9.17, 15) is 8.42 Å². The van der Waals surface area contributed by atoms with E-state index >= 15 is 0 Å². The summed E-state index contributed by atoms with van der Waals surface area (Å²) in [6.45, 7) is 0. The summed E-state index contributed by atoms with van der Waals surface area (Å²) < 4.78 is 28.7. The van der Waals surface area contributed by atoms with E-state index in [1.807, 2.05) is 24.3 Å². The third-order valence-corrected chi connectivity index (χ3v) is 6.41. The molecule has 6 heteroatoms. The molecule has 2 unspecified atom stereocenters. The summed E-state index contributed by atoms with van der Waals surface area (Å²) in [7, 11) is -3.54. The molecule has 0 saturated heterocycles. The van der Waals surface area contributed by atoms with E-state index in [-0.39, 0.29) is 15.8 Å². The standard InChI is InChI=1S/C15H13Br2NO2S/c16-11-5-7-12(8-6-11)21(19,20)18-15-13-4-2-1-3-10(13)9-14(15)17/h1-8,14-15,18H,9H2. The Labute approximate surface area is 141 Å². The lowest BCUT2D eigenvalue weighted by Crippen LogP contribution is -2.31. The first-order valence-corrected chi connectivity index (χ1v) is 9.66. The molecule has 1 aliphatic carbocycles. The Hall–Kier alpha value is -0.690. The van der Waals surface area contributed by atoms with Crippen LogP contribution in [0.3, 0.4) is 0 Å². The Bertz CT molecular complexity index is 759. The molecular weight excluding hydrogens is 418 g/mol. The van der Waals surface area contributed by atoms with Crippen molar-refractivity contribution in [1.82, 2.24) is 4.72 Å². The van der Waals surface area contributed by atoms with Crippen LogP contribution in [0.4, 0.5) is 0 Å². The van der Waals surface area contributed by atoms with E-state index in [1.165, 1.54) is 5.56 Å². The van der Waals surface area contributed by atoms with Gasteiger partial charge in [0.25, 0.3) is 0 Å². The van der Waals surface area contributed by atoms with Gasteiger partial charge in [0.15, 0.2) is 0 Å². The molecule has 0 heterocycles. The van der Waals surface area contributed by atoms with Crippen LogP contribution in [0.2, 0.25) is 0 Å². The molecule has 2 aromatic carbocycles. The summed E-state index contributed by atoms with van der Waals surface area (Å²) in [6, 6.07) is 14.3. The fraction of sp³-hybridized carbons (Fsp3) is 0.200. The monoisotopic (exact) mass is 429 g/mol. The minimum atomic E-state index is -3.54. The minimum absolute atomic E-state index is 0.0696. The van der Waals surface area contributed by atoms with Gasteiger partial charge in [-0.1, -0.05) is 56.1 Å². The molecule has 0 radical (unpaired) electrons. The summed E-state index contributed by atoms with van der Waals surface area (Å²) in [4.78, 5) is 0.343. The quantitative estimate of drug-likeness (QED) is 0.753. The number of fused-ring (bicyclic) bond motifs is 1. The number of sulfonamides is 1. The number of alkyl halides is 1. The predicted molar refractivity (Wildman–Crippen MR) is 90.1 cm³/mol. The second kappa shape index (κ2) is 5.83. The van der Waals surface area contributed by atoms with Crippen molar-refractivity contribution < 1.29 is 8.42 Å². The van der Waals surface area contributed by atoms with Crippen LogP contribution >= 0.6 is 31.9 Å². The third-order valence-electron chi connectivity index (χ3n) is 3.57. The molecule has 3 nitrogen and oxygen atoms in total. The summed E-state index contributed by atoms with van der Waals surface area (Å²) >= 11 is 6.90. The topological polar surface area (TPSA) is 46.2 Å². The SMILES string of the molecule is O=S(=O)(NC1c2ccccc2CC1Br)c1ccc(Br)cc1. The van der Waals surface area contributed by atoms with Gasteiger partial charge in [-0.15, -0.1) is 0 Å². The van der Waals surface area contributed by atoms with Gasteiger partial charge in [0.1, 0.15) is 0 Å². The van der Waals surface area contributed by atoms with Crippen LogP contribution in [0.15, 0.2) is 57.9 Å². The first-order chi connectivity index (χ1) is 9.97. The Morgan fingerprint density at radius 3 is 2.43 bits per heavy atom. The van der Waals surface area contributed by atoms with Crippen LogP contribution in [0, 0.1) is 0 Å². The van der Waals surface area contributed by atoms with Crippen molar-refractivity contribution in [1.29, 1.82) is 0 Å². The molecule has 3 rings (SSSR count). The molecule has 0 saturated carbocycles. The highest BCUT2D eigenvalue weighted by atomic mass is 79.9. The summed E-state index contributed by atoms with van der Waals surface area (Å²) in [5.74, 6) is 0. The van der Waals surface area contributed by atoms with E-state index < -0.39 is 10.0 Å². The van der Waals surface area contributed by atoms with Crippen molar-refractivity contribution in [3.8, 4) is 0 Å². The maximum absolute atomic E-state index is 12.5. The average Bonchev–Trinajstić information content (AvgIpc) is 2.75. The van der Waals surface area contributed by atoms with Gasteiger partial charge in [-0.25, -0.2) is 13.1 Å². The highest BCUT2D eigenvalue weighted by molar-refractivity contribution is 9.10. The molecule has 21 heavy (non-hydrogen) atoms. The first kappa shape index (κ1) is 15.2. The largest absolute Gasteiger partial charge is 0.241 e. The van der Waals surface area contributed by atoms with Gasteiger partial charge < -0.3 is 0 Å². The maximum atomic E-state index is 12.5. The van der Waals surface area contributed by atoms with Crippen molar-refractivity contribution in [3.05, 3.63) is 64.1 Å². The first-order valence-electron chi connectivity index (χ1n) is 6.47. The second-order valence-corrected chi connectivity index (χ2v) is 8.78. The van der Waals surface area contributed by atoms with Gasteiger partial charge in [-0.2, -0.15) is 0 Å².